The number of aromatic nitrogens is 1. The van der Waals surface area contributed by atoms with Gasteiger partial charge in [-0.1, -0.05) is 0 Å². The van der Waals surface area contributed by atoms with Crippen LogP contribution in [0.3, 0.4) is 0 Å². The number of hydrogen-bond donors (Lipinski definition) is 2. The Balaban J connectivity index is 0.00000500. The van der Waals surface area contributed by atoms with Crippen molar-refractivity contribution in [3.63, 3.8) is 0 Å². The summed E-state index contributed by atoms with van der Waals surface area (Å²) in [5.74, 6) is -0.646. The summed E-state index contributed by atoms with van der Waals surface area (Å²) in [6.45, 7) is 10.8. The van der Waals surface area contributed by atoms with Gasteiger partial charge in [-0.15, -0.1) is 0 Å². The average Bonchev–Trinajstić information content (AvgIpc) is 3.67. The maximum atomic E-state index is 12.9. The Morgan fingerprint density at radius 1 is 0.723 bits per heavy atom. The van der Waals surface area contributed by atoms with E-state index < -0.39 is 0 Å². The number of allylic oxidation sites excluding steroid dienone is 8. The molecule has 47 heavy (non-hydrogen) atoms. The fraction of sp³-hybridized carbons (Fsp3) is 0.333. The summed E-state index contributed by atoms with van der Waals surface area (Å²) in [6, 6.07) is 0. The van der Waals surface area contributed by atoms with Crippen molar-refractivity contribution in [3.8, 4) is 0 Å². The summed E-state index contributed by atoms with van der Waals surface area (Å²) in [4.78, 5) is 55.5. The van der Waals surface area contributed by atoms with Crippen molar-refractivity contribution in [2.24, 2.45) is 15.0 Å². The number of nitrogens with one attached hydrogen (secondary N) is 1. The number of hydrogen-bond acceptors (Lipinski definition) is 9. The standard InChI is InChI=1S/C36H38N4O6.Ni/c1-17-23(9-11-33(43)45-7)29-16-30-24(10-12-34(44)46-8)18(2)26(38-30)14-31-36(22(6)42)20(4)28(40-31)15-32-35(21(5)41)19(3)27(39-32)13-25(17)37-29;/h13-16,40,42H,9-12H2,1-8H3;/q;+2/b25-13?,30-16?,31-14?,32-15?,36-22-;. The second-order valence-electron chi connectivity index (χ2n) is 11.7. The molecular formula is C36H38N4NiO6+2. The van der Waals surface area contributed by atoms with Gasteiger partial charge in [0.2, 0.25) is 0 Å². The Labute approximate surface area is 283 Å². The van der Waals surface area contributed by atoms with Crippen LogP contribution in [0, 0.1) is 6.92 Å². The molecule has 0 spiro atoms. The number of nitrogens with zero attached hydrogens (tertiary/aromatic N) is 3. The first-order valence-corrected chi connectivity index (χ1v) is 15.1. The molecule has 0 saturated carbocycles. The number of aliphatic hydroxyl groups is 1. The van der Waals surface area contributed by atoms with E-state index >= 15 is 0 Å². The second-order valence-corrected chi connectivity index (χ2v) is 11.7. The summed E-state index contributed by atoms with van der Waals surface area (Å²) in [5.41, 5.74) is 9.97. The van der Waals surface area contributed by atoms with Gasteiger partial charge in [0.1, 0.15) is 0 Å². The molecule has 5 heterocycles. The minimum atomic E-state index is -0.333. The van der Waals surface area contributed by atoms with E-state index in [2.05, 4.69) is 4.98 Å². The van der Waals surface area contributed by atoms with E-state index in [-0.39, 0.29) is 52.8 Å². The number of fused-ring (bicyclic) bond motifs is 5. The summed E-state index contributed by atoms with van der Waals surface area (Å²) >= 11 is 0. The Kier molecular flexibility index (Phi) is 10.5. The molecule has 0 unspecified atom stereocenters. The number of methoxy groups -OCH3 is 2. The van der Waals surface area contributed by atoms with E-state index in [1.54, 1.807) is 6.92 Å². The molecule has 4 aliphatic rings. The molecular weight excluding hydrogens is 643 g/mol. The van der Waals surface area contributed by atoms with Crippen molar-refractivity contribution < 1.29 is 45.5 Å². The van der Waals surface area contributed by atoms with Gasteiger partial charge >= 0.3 is 28.4 Å². The summed E-state index contributed by atoms with van der Waals surface area (Å²) in [5, 5.41) is 12.0. The van der Waals surface area contributed by atoms with Crippen LogP contribution in [0.15, 0.2) is 77.7 Å². The number of ether oxygens (including phenoxy) is 2. The van der Waals surface area contributed by atoms with E-state index in [1.165, 1.54) is 21.1 Å². The van der Waals surface area contributed by atoms with E-state index in [1.807, 2.05) is 52.0 Å². The summed E-state index contributed by atoms with van der Waals surface area (Å²) < 4.78 is 9.83. The second kappa shape index (κ2) is 14.0. The van der Waals surface area contributed by atoms with Gasteiger partial charge in [0, 0.05) is 29.3 Å². The van der Waals surface area contributed by atoms with Crippen molar-refractivity contribution in [1.29, 1.82) is 0 Å². The van der Waals surface area contributed by atoms with Crippen LogP contribution >= 0.6 is 0 Å². The van der Waals surface area contributed by atoms with Crippen LogP contribution in [0.5, 0.6) is 0 Å². The van der Waals surface area contributed by atoms with Crippen LogP contribution in [0.4, 0.5) is 0 Å². The smallest absolute Gasteiger partial charge is 0.512 e. The SMILES string of the molecule is COC(=O)CCC1=C(C)C2=NC1=CC1=NC(=CC3=NC(=Cc4[nH]c(/c(=C(/C)O)c4C)=C2)C(C(C)=O)=C3C)C(C)=C1CCC(=O)OC.[Ni+2]. The van der Waals surface area contributed by atoms with Crippen molar-refractivity contribution >= 4 is 52.8 Å². The first kappa shape index (κ1) is 35.2. The third-order valence-electron chi connectivity index (χ3n) is 8.78. The maximum absolute atomic E-state index is 12.9. The molecule has 8 bridgehead atoms. The van der Waals surface area contributed by atoms with Crippen LogP contribution < -0.4 is 10.6 Å². The van der Waals surface area contributed by atoms with Crippen molar-refractivity contribution in [1.82, 2.24) is 4.98 Å². The molecule has 1 aromatic heterocycles. The first-order chi connectivity index (χ1) is 21.8. The van der Waals surface area contributed by atoms with E-state index in [4.69, 9.17) is 24.5 Å². The average molecular weight is 681 g/mol. The molecule has 4 aliphatic heterocycles. The quantitative estimate of drug-likeness (QED) is 0.315. The van der Waals surface area contributed by atoms with Gasteiger partial charge in [0.25, 0.3) is 0 Å². The number of aliphatic hydroxyl groups excluding tert-OH is 1. The van der Waals surface area contributed by atoms with Gasteiger partial charge in [0.15, 0.2) is 5.78 Å². The maximum Gasteiger partial charge on any atom is 2.00 e. The molecule has 0 radical (unpaired) electrons. The summed E-state index contributed by atoms with van der Waals surface area (Å²) in [6.07, 6.45) is 8.59. The van der Waals surface area contributed by atoms with Crippen molar-refractivity contribution in [2.45, 2.75) is 67.2 Å². The molecule has 10 nitrogen and oxygen atoms in total. The zero-order chi connectivity index (χ0) is 33.4. The monoisotopic (exact) mass is 680 g/mol. The van der Waals surface area contributed by atoms with Crippen molar-refractivity contribution in [2.75, 3.05) is 14.2 Å². The molecule has 2 N–H and O–H groups in total. The van der Waals surface area contributed by atoms with Gasteiger partial charge in [-0.25, -0.2) is 15.0 Å². The van der Waals surface area contributed by atoms with Gasteiger partial charge in [-0.3, -0.25) is 14.4 Å². The zero-order valence-corrected chi connectivity index (χ0v) is 28.8. The fourth-order valence-electron chi connectivity index (χ4n) is 6.23. The number of rotatable bonds is 7. The Morgan fingerprint density at radius 2 is 1.28 bits per heavy atom. The Morgan fingerprint density at radius 3 is 1.87 bits per heavy atom. The van der Waals surface area contributed by atoms with Crippen LogP contribution in [0.2, 0.25) is 0 Å². The molecule has 1 aromatic rings. The number of esters is 2. The van der Waals surface area contributed by atoms with Gasteiger partial charge in [0.05, 0.1) is 59.6 Å². The van der Waals surface area contributed by atoms with Crippen LogP contribution in [0.1, 0.15) is 71.6 Å². The topological polar surface area (TPSA) is 143 Å². The Bertz CT molecular complexity index is 2020. The fourth-order valence-corrected chi connectivity index (χ4v) is 6.23. The predicted octanol–water partition coefficient (Wildman–Crippen LogP) is 4.72. The predicted molar refractivity (Wildman–Crippen MR) is 179 cm³/mol. The van der Waals surface area contributed by atoms with Gasteiger partial charge < -0.3 is 19.6 Å². The third kappa shape index (κ3) is 6.76. The normalized spacial score (nSPS) is 17.6. The third-order valence-corrected chi connectivity index (χ3v) is 8.78. The zero-order valence-electron chi connectivity index (χ0n) is 27.8. The van der Waals surface area contributed by atoms with Crippen LogP contribution in [-0.2, 0) is 40.3 Å². The number of aromatic amines is 1. The number of H-pyrrole nitrogens is 1. The molecule has 0 aromatic carbocycles. The van der Waals surface area contributed by atoms with E-state index in [0.717, 1.165) is 33.4 Å². The first-order valence-electron chi connectivity index (χ1n) is 15.1. The molecule has 0 amide bonds. The molecule has 5 rings (SSSR count). The van der Waals surface area contributed by atoms with Crippen LogP contribution in [0.25, 0.3) is 17.9 Å². The number of carbonyl (C=O) groups excluding carboxylic acids is 3. The van der Waals surface area contributed by atoms with Gasteiger partial charge in [-0.05, 0) is 112 Å². The number of ketones is 1. The molecule has 0 atom stereocenters. The van der Waals surface area contributed by atoms with E-state index in [0.29, 0.717) is 68.9 Å². The minimum absolute atomic E-state index is 0. The Hall–Kier alpha value is -4.63. The summed E-state index contributed by atoms with van der Waals surface area (Å²) in [7, 11) is 2.73. The number of carbonyl (C=O) groups is 3. The van der Waals surface area contributed by atoms with E-state index in [9.17, 15) is 19.5 Å². The van der Waals surface area contributed by atoms with Crippen LogP contribution in [-0.4, -0.2) is 59.2 Å². The van der Waals surface area contributed by atoms with Gasteiger partial charge in [-0.2, -0.15) is 0 Å². The van der Waals surface area contributed by atoms with Crippen molar-refractivity contribution in [3.05, 3.63) is 84.5 Å². The largest absolute Gasteiger partial charge is 2.00 e. The molecule has 0 fully saturated rings. The minimum Gasteiger partial charge on any atom is -0.512 e. The molecule has 0 saturated heterocycles. The molecule has 11 heteroatoms. The number of aliphatic imine (C=N–C) groups is 3. The molecule has 0 aliphatic carbocycles. The number of Topliss-reactive ketones (excluding diaryl/α,β-unsaturated/α-hetero) is 1. The molecule has 246 valence electrons.